The fraction of sp³-hybridized carbons (Fsp3) is 0.692. The monoisotopic (exact) mass is 232 g/mol. The van der Waals surface area contributed by atoms with E-state index in [1.165, 1.54) is 24.8 Å². The van der Waals surface area contributed by atoms with Crippen molar-refractivity contribution in [1.29, 1.82) is 0 Å². The summed E-state index contributed by atoms with van der Waals surface area (Å²) in [5, 5.41) is 6.78. The van der Waals surface area contributed by atoms with Crippen molar-refractivity contribution in [2.75, 3.05) is 18.4 Å². The van der Waals surface area contributed by atoms with E-state index in [1.54, 1.807) is 0 Å². The number of rotatable bonds is 3. The molecule has 4 heteroatoms. The molecule has 1 saturated heterocycles. The van der Waals surface area contributed by atoms with Crippen LogP contribution in [-0.4, -0.2) is 29.1 Å². The summed E-state index contributed by atoms with van der Waals surface area (Å²) in [6, 6.07) is 0.533. The SMILES string of the molecule is c1nc(NC2CCNCC2)ncc1C1CCC1. The van der Waals surface area contributed by atoms with Gasteiger partial charge in [0.25, 0.3) is 0 Å². The van der Waals surface area contributed by atoms with E-state index in [0.717, 1.165) is 37.8 Å². The zero-order chi connectivity index (χ0) is 11.5. The van der Waals surface area contributed by atoms with Crippen LogP contribution in [0, 0.1) is 0 Å². The fourth-order valence-electron chi connectivity index (χ4n) is 2.51. The number of anilines is 1. The van der Waals surface area contributed by atoms with Crippen molar-refractivity contribution in [2.24, 2.45) is 0 Å². The third-order valence-corrected chi connectivity index (χ3v) is 3.92. The Labute approximate surface area is 102 Å². The van der Waals surface area contributed by atoms with Gasteiger partial charge in [-0.05, 0) is 50.3 Å². The lowest BCUT2D eigenvalue weighted by Crippen LogP contribution is -2.35. The Morgan fingerprint density at radius 2 is 1.76 bits per heavy atom. The van der Waals surface area contributed by atoms with Crippen molar-refractivity contribution in [3.05, 3.63) is 18.0 Å². The summed E-state index contributed by atoms with van der Waals surface area (Å²) in [7, 11) is 0. The molecule has 0 atom stereocenters. The molecular weight excluding hydrogens is 212 g/mol. The predicted octanol–water partition coefficient (Wildman–Crippen LogP) is 1.91. The van der Waals surface area contributed by atoms with Gasteiger partial charge in [0.1, 0.15) is 0 Å². The van der Waals surface area contributed by atoms with Gasteiger partial charge < -0.3 is 10.6 Å². The summed E-state index contributed by atoms with van der Waals surface area (Å²) < 4.78 is 0. The van der Waals surface area contributed by atoms with E-state index >= 15 is 0 Å². The number of nitrogens with one attached hydrogen (secondary N) is 2. The maximum absolute atomic E-state index is 4.43. The van der Waals surface area contributed by atoms with Crippen molar-refractivity contribution >= 4 is 5.95 Å². The number of hydrogen-bond acceptors (Lipinski definition) is 4. The molecule has 2 aliphatic rings. The molecule has 1 aliphatic carbocycles. The highest BCUT2D eigenvalue weighted by atomic mass is 15.1. The van der Waals surface area contributed by atoms with Gasteiger partial charge in [0.15, 0.2) is 0 Å². The maximum Gasteiger partial charge on any atom is 0.222 e. The normalized spacial score (nSPS) is 22.1. The van der Waals surface area contributed by atoms with Gasteiger partial charge in [-0.3, -0.25) is 0 Å². The second-order valence-corrected chi connectivity index (χ2v) is 5.14. The molecule has 2 fully saturated rings. The van der Waals surface area contributed by atoms with Crippen molar-refractivity contribution in [1.82, 2.24) is 15.3 Å². The highest BCUT2D eigenvalue weighted by Gasteiger charge is 2.20. The van der Waals surface area contributed by atoms with E-state index in [0.29, 0.717) is 6.04 Å². The number of piperidine rings is 1. The molecule has 0 aromatic carbocycles. The Hall–Kier alpha value is -1.16. The van der Waals surface area contributed by atoms with Crippen LogP contribution in [0.15, 0.2) is 12.4 Å². The Bertz CT molecular complexity index is 352. The minimum atomic E-state index is 0.533. The molecule has 0 unspecified atom stereocenters. The lowest BCUT2D eigenvalue weighted by molar-refractivity contribution is 0.417. The summed E-state index contributed by atoms with van der Waals surface area (Å²) in [4.78, 5) is 8.87. The van der Waals surface area contributed by atoms with Crippen LogP contribution in [0.4, 0.5) is 5.95 Å². The summed E-state index contributed by atoms with van der Waals surface area (Å²) in [5.74, 6) is 1.52. The van der Waals surface area contributed by atoms with Crippen molar-refractivity contribution in [3.63, 3.8) is 0 Å². The second-order valence-electron chi connectivity index (χ2n) is 5.14. The highest BCUT2D eigenvalue weighted by molar-refractivity contribution is 5.28. The van der Waals surface area contributed by atoms with Crippen LogP contribution < -0.4 is 10.6 Å². The van der Waals surface area contributed by atoms with E-state index in [2.05, 4.69) is 20.6 Å². The Kier molecular flexibility index (Phi) is 3.22. The lowest BCUT2D eigenvalue weighted by Gasteiger charge is -2.26. The Balaban J connectivity index is 1.59. The first-order valence-electron chi connectivity index (χ1n) is 6.71. The lowest BCUT2D eigenvalue weighted by atomic mass is 9.81. The topological polar surface area (TPSA) is 49.8 Å². The van der Waals surface area contributed by atoms with E-state index < -0.39 is 0 Å². The van der Waals surface area contributed by atoms with Gasteiger partial charge in [-0.25, -0.2) is 9.97 Å². The van der Waals surface area contributed by atoms with Crippen molar-refractivity contribution in [2.45, 2.75) is 44.1 Å². The largest absolute Gasteiger partial charge is 0.351 e. The third-order valence-electron chi connectivity index (χ3n) is 3.92. The molecule has 1 saturated carbocycles. The molecule has 0 amide bonds. The minimum Gasteiger partial charge on any atom is -0.351 e. The third kappa shape index (κ3) is 2.57. The molecule has 1 aliphatic heterocycles. The van der Waals surface area contributed by atoms with Crippen LogP contribution in [-0.2, 0) is 0 Å². The smallest absolute Gasteiger partial charge is 0.222 e. The van der Waals surface area contributed by atoms with Gasteiger partial charge in [0.2, 0.25) is 5.95 Å². The summed E-state index contributed by atoms with van der Waals surface area (Å²) in [6.45, 7) is 2.19. The quantitative estimate of drug-likeness (QED) is 0.836. The number of hydrogen-bond donors (Lipinski definition) is 2. The molecule has 92 valence electrons. The average Bonchev–Trinajstić information content (AvgIpc) is 2.31. The van der Waals surface area contributed by atoms with E-state index in [4.69, 9.17) is 0 Å². The van der Waals surface area contributed by atoms with Gasteiger partial charge in [-0.1, -0.05) is 6.42 Å². The molecule has 2 heterocycles. The predicted molar refractivity (Wildman–Crippen MR) is 68.1 cm³/mol. The van der Waals surface area contributed by atoms with Crippen LogP contribution >= 0.6 is 0 Å². The van der Waals surface area contributed by atoms with Crippen LogP contribution in [0.2, 0.25) is 0 Å². The average molecular weight is 232 g/mol. The van der Waals surface area contributed by atoms with Gasteiger partial charge >= 0.3 is 0 Å². The number of nitrogens with zero attached hydrogens (tertiary/aromatic N) is 2. The summed E-state index contributed by atoms with van der Waals surface area (Å²) in [6.07, 6.45) is 10.3. The van der Waals surface area contributed by atoms with E-state index in [9.17, 15) is 0 Å². The van der Waals surface area contributed by atoms with Crippen molar-refractivity contribution in [3.8, 4) is 0 Å². The van der Waals surface area contributed by atoms with Crippen LogP contribution in [0.3, 0.4) is 0 Å². The van der Waals surface area contributed by atoms with E-state index in [-0.39, 0.29) is 0 Å². The van der Waals surface area contributed by atoms with Crippen LogP contribution in [0.1, 0.15) is 43.6 Å². The first-order chi connectivity index (χ1) is 8.42. The standard InChI is InChI=1S/C13H20N4/c1-2-10(3-1)11-8-15-13(16-9-11)17-12-4-6-14-7-5-12/h8-10,12,14H,1-7H2,(H,15,16,17). The molecular formula is C13H20N4. The molecule has 1 aromatic heterocycles. The Morgan fingerprint density at radius 1 is 1.06 bits per heavy atom. The van der Waals surface area contributed by atoms with E-state index in [1.807, 2.05) is 12.4 Å². The molecule has 3 rings (SSSR count). The highest BCUT2D eigenvalue weighted by Crippen LogP contribution is 2.35. The van der Waals surface area contributed by atoms with Crippen molar-refractivity contribution < 1.29 is 0 Å². The van der Waals surface area contributed by atoms with Gasteiger partial charge in [-0.2, -0.15) is 0 Å². The number of aromatic nitrogens is 2. The zero-order valence-electron chi connectivity index (χ0n) is 10.2. The van der Waals surface area contributed by atoms with Gasteiger partial charge in [-0.15, -0.1) is 0 Å². The molecule has 4 nitrogen and oxygen atoms in total. The first kappa shape index (κ1) is 11.0. The maximum atomic E-state index is 4.43. The zero-order valence-corrected chi connectivity index (χ0v) is 10.2. The molecule has 17 heavy (non-hydrogen) atoms. The van der Waals surface area contributed by atoms with Crippen LogP contribution in [0.5, 0.6) is 0 Å². The fourth-order valence-corrected chi connectivity index (χ4v) is 2.51. The first-order valence-corrected chi connectivity index (χ1v) is 6.71. The second kappa shape index (κ2) is 5.00. The van der Waals surface area contributed by atoms with Gasteiger partial charge in [0, 0.05) is 18.4 Å². The Morgan fingerprint density at radius 3 is 2.35 bits per heavy atom. The molecule has 0 bridgehead atoms. The van der Waals surface area contributed by atoms with Crippen LogP contribution in [0.25, 0.3) is 0 Å². The van der Waals surface area contributed by atoms with Gasteiger partial charge in [0.05, 0.1) is 0 Å². The molecule has 0 radical (unpaired) electrons. The minimum absolute atomic E-state index is 0.533. The summed E-state index contributed by atoms with van der Waals surface area (Å²) >= 11 is 0. The molecule has 1 aromatic rings. The molecule has 0 spiro atoms. The molecule has 2 N–H and O–H groups in total. The summed E-state index contributed by atoms with van der Waals surface area (Å²) in [5.41, 5.74) is 1.31.